The molecule has 8 nitrogen and oxygen atoms in total. The van der Waals surface area contributed by atoms with Crippen molar-refractivity contribution in [3.8, 4) is 11.5 Å². The van der Waals surface area contributed by atoms with E-state index in [4.69, 9.17) is 21.1 Å². The first kappa shape index (κ1) is 27.0. The van der Waals surface area contributed by atoms with Gasteiger partial charge in [-0.05, 0) is 79.8 Å². The van der Waals surface area contributed by atoms with Gasteiger partial charge in [0.2, 0.25) is 0 Å². The first-order chi connectivity index (χ1) is 18.9. The number of fused-ring (bicyclic) bond motifs is 4. The predicted octanol–water partition coefficient (Wildman–Crippen LogP) is 4.36. The van der Waals surface area contributed by atoms with E-state index in [0.717, 1.165) is 60.7 Å². The van der Waals surface area contributed by atoms with Crippen LogP contribution in [0.25, 0.3) is 0 Å². The monoisotopic (exact) mass is 548 g/mol. The lowest BCUT2D eigenvalue weighted by molar-refractivity contribution is -0.123. The van der Waals surface area contributed by atoms with Crippen molar-refractivity contribution in [2.24, 2.45) is 11.0 Å². The molecule has 1 amide bonds. The molecule has 1 N–H and O–H groups in total. The number of likely N-dealkylation sites (tertiary alicyclic amines) is 1. The SMILES string of the molecule is CCOc1ccc(/C=N/NC(=O)COc2ccc(Cl)cc2C)cc1CN1CC2CC(C1)c1cccc(=O)n1C2. The molecule has 39 heavy (non-hydrogen) atoms. The zero-order valence-corrected chi connectivity index (χ0v) is 23.0. The van der Waals surface area contributed by atoms with Gasteiger partial charge in [-0.2, -0.15) is 5.10 Å². The van der Waals surface area contributed by atoms with Crippen LogP contribution < -0.4 is 20.5 Å². The molecule has 0 radical (unpaired) electrons. The van der Waals surface area contributed by atoms with Crippen LogP contribution in [0.1, 0.15) is 41.6 Å². The number of benzene rings is 2. The Labute approximate surface area is 233 Å². The third-order valence-electron chi connectivity index (χ3n) is 7.23. The number of ether oxygens (including phenoxy) is 2. The molecule has 5 rings (SSSR count). The fourth-order valence-electron chi connectivity index (χ4n) is 5.59. The molecule has 0 spiro atoms. The highest BCUT2D eigenvalue weighted by molar-refractivity contribution is 6.30. The number of hydrazone groups is 1. The van der Waals surface area contributed by atoms with Crippen LogP contribution >= 0.6 is 11.6 Å². The van der Waals surface area contributed by atoms with Gasteiger partial charge in [0.1, 0.15) is 11.5 Å². The standard InChI is InChI=1S/C30H33ClN4O4/c1-3-38-28-9-7-21(14-32-33-29(36)19-39-27-10-8-25(31)11-20(27)2)12-24(28)18-34-15-22-13-23(17-34)26-5-4-6-30(37)35(26)16-22/h4-12,14,22-23H,3,13,15-19H2,1-2H3,(H,33,36)/b32-14+. The third-order valence-corrected chi connectivity index (χ3v) is 7.47. The van der Waals surface area contributed by atoms with Gasteiger partial charge in [0.25, 0.3) is 11.5 Å². The molecular formula is C30H33ClN4O4. The Morgan fingerprint density at radius 3 is 2.77 bits per heavy atom. The number of aromatic nitrogens is 1. The highest BCUT2D eigenvalue weighted by atomic mass is 35.5. The second-order valence-corrected chi connectivity index (χ2v) is 10.6. The number of hydrogen-bond acceptors (Lipinski definition) is 6. The Kier molecular flexibility index (Phi) is 8.33. The maximum absolute atomic E-state index is 12.4. The quantitative estimate of drug-likeness (QED) is 0.317. The molecule has 1 saturated heterocycles. The summed E-state index contributed by atoms with van der Waals surface area (Å²) in [4.78, 5) is 27.0. The minimum Gasteiger partial charge on any atom is -0.494 e. The summed E-state index contributed by atoms with van der Waals surface area (Å²) in [6, 6.07) is 16.8. The summed E-state index contributed by atoms with van der Waals surface area (Å²) in [5.41, 5.74) is 6.54. The van der Waals surface area contributed by atoms with Crippen LogP contribution in [0, 0.1) is 12.8 Å². The van der Waals surface area contributed by atoms with E-state index in [-0.39, 0.29) is 18.1 Å². The van der Waals surface area contributed by atoms with E-state index < -0.39 is 0 Å². The van der Waals surface area contributed by atoms with E-state index in [0.29, 0.717) is 29.2 Å². The van der Waals surface area contributed by atoms with E-state index in [1.54, 1.807) is 30.5 Å². The van der Waals surface area contributed by atoms with Gasteiger partial charge in [-0.1, -0.05) is 17.7 Å². The zero-order valence-electron chi connectivity index (χ0n) is 22.2. The molecule has 2 aromatic carbocycles. The molecule has 1 fully saturated rings. The number of nitrogens with zero attached hydrogens (tertiary/aromatic N) is 3. The van der Waals surface area contributed by atoms with E-state index >= 15 is 0 Å². The van der Waals surface area contributed by atoms with Crippen LogP contribution in [0.3, 0.4) is 0 Å². The lowest BCUT2D eigenvalue weighted by Crippen LogP contribution is -2.46. The Balaban J connectivity index is 1.22. The Morgan fingerprint density at radius 2 is 1.95 bits per heavy atom. The van der Waals surface area contributed by atoms with E-state index in [9.17, 15) is 9.59 Å². The lowest BCUT2D eigenvalue weighted by Gasteiger charge is -2.43. The van der Waals surface area contributed by atoms with Crippen molar-refractivity contribution in [1.82, 2.24) is 14.9 Å². The molecule has 2 bridgehead atoms. The Hall–Kier alpha value is -3.62. The number of carbonyl (C=O) groups is 1. The van der Waals surface area contributed by atoms with Crippen molar-refractivity contribution in [2.75, 3.05) is 26.3 Å². The van der Waals surface area contributed by atoms with Crippen LogP contribution in [-0.2, 0) is 17.9 Å². The number of pyridine rings is 1. The molecular weight excluding hydrogens is 516 g/mol. The number of amides is 1. The number of carbonyl (C=O) groups excluding carboxylic acids is 1. The average molecular weight is 549 g/mol. The minimum absolute atomic E-state index is 0.0972. The summed E-state index contributed by atoms with van der Waals surface area (Å²) in [7, 11) is 0. The zero-order chi connectivity index (χ0) is 27.4. The van der Waals surface area contributed by atoms with Crippen LogP contribution in [0.15, 0.2) is 64.5 Å². The van der Waals surface area contributed by atoms with Crippen molar-refractivity contribution in [3.63, 3.8) is 0 Å². The van der Waals surface area contributed by atoms with Gasteiger partial charge in [0.15, 0.2) is 6.61 Å². The highest BCUT2D eigenvalue weighted by Gasteiger charge is 2.34. The van der Waals surface area contributed by atoms with Gasteiger partial charge in [-0.15, -0.1) is 0 Å². The molecule has 9 heteroatoms. The van der Waals surface area contributed by atoms with Gasteiger partial charge in [0.05, 0.1) is 12.8 Å². The molecule has 3 aromatic rings. The minimum atomic E-state index is -0.356. The summed E-state index contributed by atoms with van der Waals surface area (Å²) >= 11 is 5.97. The van der Waals surface area contributed by atoms with Crippen molar-refractivity contribution in [3.05, 3.63) is 92.4 Å². The van der Waals surface area contributed by atoms with Gasteiger partial charge in [-0.25, -0.2) is 5.43 Å². The molecule has 0 saturated carbocycles. The number of nitrogens with one attached hydrogen (secondary N) is 1. The Morgan fingerprint density at radius 1 is 1.10 bits per heavy atom. The highest BCUT2D eigenvalue weighted by Crippen LogP contribution is 2.36. The van der Waals surface area contributed by atoms with Crippen molar-refractivity contribution >= 4 is 23.7 Å². The van der Waals surface area contributed by atoms with Gasteiger partial charge < -0.3 is 14.0 Å². The van der Waals surface area contributed by atoms with Crippen LogP contribution in [-0.4, -0.2) is 47.9 Å². The van der Waals surface area contributed by atoms with Crippen molar-refractivity contribution in [2.45, 2.75) is 39.3 Å². The second kappa shape index (κ2) is 12.1. The summed E-state index contributed by atoms with van der Waals surface area (Å²) in [6.07, 6.45) is 2.74. The van der Waals surface area contributed by atoms with E-state index in [1.807, 2.05) is 36.6 Å². The molecule has 3 heterocycles. The molecule has 2 aliphatic rings. The summed E-state index contributed by atoms with van der Waals surface area (Å²) in [5, 5.41) is 4.74. The van der Waals surface area contributed by atoms with Gasteiger partial charge in [0, 0.05) is 54.4 Å². The second-order valence-electron chi connectivity index (χ2n) is 10.2. The summed E-state index contributed by atoms with van der Waals surface area (Å²) in [6.45, 7) is 7.61. The van der Waals surface area contributed by atoms with E-state index in [1.165, 1.54) is 0 Å². The fraction of sp³-hybridized carbons (Fsp3) is 0.367. The molecule has 2 aliphatic heterocycles. The summed E-state index contributed by atoms with van der Waals surface area (Å²) in [5.74, 6) is 1.89. The largest absolute Gasteiger partial charge is 0.494 e. The predicted molar refractivity (Wildman–Crippen MR) is 152 cm³/mol. The third kappa shape index (κ3) is 6.52. The lowest BCUT2D eigenvalue weighted by atomic mass is 9.83. The molecule has 1 aromatic heterocycles. The van der Waals surface area contributed by atoms with Crippen molar-refractivity contribution in [1.29, 1.82) is 0 Å². The average Bonchev–Trinajstić information content (AvgIpc) is 2.90. The molecule has 2 atom stereocenters. The Bertz CT molecular complexity index is 1440. The fourth-order valence-corrected chi connectivity index (χ4v) is 5.82. The van der Waals surface area contributed by atoms with Gasteiger partial charge >= 0.3 is 0 Å². The molecule has 204 valence electrons. The topological polar surface area (TPSA) is 85.2 Å². The van der Waals surface area contributed by atoms with E-state index in [2.05, 4.69) is 27.6 Å². The molecule has 2 unspecified atom stereocenters. The number of hydrogen-bond donors (Lipinski definition) is 1. The summed E-state index contributed by atoms with van der Waals surface area (Å²) < 4.78 is 13.5. The van der Waals surface area contributed by atoms with Crippen LogP contribution in [0.5, 0.6) is 11.5 Å². The normalized spacial score (nSPS) is 18.5. The number of piperidine rings is 1. The number of halogens is 1. The van der Waals surface area contributed by atoms with Crippen molar-refractivity contribution < 1.29 is 14.3 Å². The number of rotatable bonds is 9. The maximum atomic E-state index is 12.4. The van der Waals surface area contributed by atoms with Crippen LogP contribution in [0.4, 0.5) is 0 Å². The maximum Gasteiger partial charge on any atom is 0.277 e. The smallest absolute Gasteiger partial charge is 0.277 e. The first-order valence-corrected chi connectivity index (χ1v) is 13.7. The molecule has 0 aliphatic carbocycles. The van der Waals surface area contributed by atoms with Gasteiger partial charge in [-0.3, -0.25) is 14.5 Å². The first-order valence-electron chi connectivity index (χ1n) is 13.3. The van der Waals surface area contributed by atoms with Crippen LogP contribution in [0.2, 0.25) is 5.02 Å². The number of aryl methyl sites for hydroxylation is 1.